The van der Waals surface area contributed by atoms with Crippen LogP contribution in [0.5, 0.6) is 0 Å². The molecule has 0 atom stereocenters. The van der Waals surface area contributed by atoms with Crippen LogP contribution in [0.1, 0.15) is 26.3 Å². The molecule has 0 radical (unpaired) electrons. The highest BCUT2D eigenvalue weighted by atomic mass is 16.2. The predicted octanol–water partition coefficient (Wildman–Crippen LogP) is 2.81. The lowest BCUT2D eigenvalue weighted by molar-refractivity contribution is 0.125. The van der Waals surface area contributed by atoms with E-state index in [4.69, 9.17) is 0 Å². The number of anilines is 1. The summed E-state index contributed by atoms with van der Waals surface area (Å²) in [6.07, 6.45) is 0.928. The SMILES string of the molecule is CCc1ccccc1NC(=O)N1CCN(C(C)C)CC1. The van der Waals surface area contributed by atoms with Crippen molar-refractivity contribution < 1.29 is 4.79 Å². The van der Waals surface area contributed by atoms with E-state index in [0.717, 1.165) is 38.3 Å². The van der Waals surface area contributed by atoms with Crippen molar-refractivity contribution in [2.75, 3.05) is 31.5 Å². The molecule has 1 heterocycles. The summed E-state index contributed by atoms with van der Waals surface area (Å²) in [6, 6.07) is 8.59. The van der Waals surface area contributed by atoms with Gasteiger partial charge in [0.2, 0.25) is 0 Å². The molecule has 4 heteroatoms. The normalized spacial score (nSPS) is 16.5. The van der Waals surface area contributed by atoms with Gasteiger partial charge < -0.3 is 10.2 Å². The van der Waals surface area contributed by atoms with Gasteiger partial charge in [0.05, 0.1) is 0 Å². The zero-order valence-electron chi connectivity index (χ0n) is 12.7. The number of carbonyl (C=O) groups is 1. The number of piperazine rings is 1. The molecule has 1 aliphatic heterocycles. The molecule has 0 aromatic heterocycles. The van der Waals surface area contributed by atoms with Gasteiger partial charge >= 0.3 is 6.03 Å². The fourth-order valence-electron chi connectivity index (χ4n) is 2.59. The topological polar surface area (TPSA) is 35.6 Å². The average molecular weight is 275 g/mol. The van der Waals surface area contributed by atoms with Gasteiger partial charge in [-0.3, -0.25) is 4.90 Å². The van der Waals surface area contributed by atoms with E-state index in [2.05, 4.69) is 37.1 Å². The summed E-state index contributed by atoms with van der Waals surface area (Å²) in [4.78, 5) is 16.6. The Kier molecular flexibility index (Phi) is 5.01. The van der Waals surface area contributed by atoms with Crippen molar-refractivity contribution in [2.24, 2.45) is 0 Å². The van der Waals surface area contributed by atoms with Crippen molar-refractivity contribution in [2.45, 2.75) is 33.2 Å². The van der Waals surface area contributed by atoms with Gasteiger partial charge in [0, 0.05) is 37.9 Å². The zero-order chi connectivity index (χ0) is 14.5. The second-order valence-corrected chi connectivity index (χ2v) is 5.56. The van der Waals surface area contributed by atoms with Crippen molar-refractivity contribution >= 4 is 11.7 Å². The van der Waals surface area contributed by atoms with Crippen LogP contribution in [0.25, 0.3) is 0 Å². The number of benzene rings is 1. The van der Waals surface area contributed by atoms with Crippen LogP contribution < -0.4 is 5.32 Å². The summed E-state index contributed by atoms with van der Waals surface area (Å²) < 4.78 is 0. The van der Waals surface area contributed by atoms with Crippen LogP contribution in [0.15, 0.2) is 24.3 Å². The first kappa shape index (κ1) is 14.9. The third-order valence-corrected chi connectivity index (χ3v) is 3.97. The summed E-state index contributed by atoms with van der Waals surface area (Å²) >= 11 is 0. The van der Waals surface area contributed by atoms with Crippen LogP contribution in [-0.4, -0.2) is 48.1 Å². The maximum atomic E-state index is 12.3. The first-order valence-corrected chi connectivity index (χ1v) is 7.49. The molecule has 1 saturated heterocycles. The molecule has 0 saturated carbocycles. The number of aryl methyl sites for hydroxylation is 1. The zero-order valence-corrected chi connectivity index (χ0v) is 12.7. The summed E-state index contributed by atoms with van der Waals surface area (Å²) in [7, 11) is 0. The smallest absolute Gasteiger partial charge is 0.321 e. The Morgan fingerprint density at radius 1 is 1.20 bits per heavy atom. The molecular weight excluding hydrogens is 250 g/mol. The van der Waals surface area contributed by atoms with E-state index < -0.39 is 0 Å². The highest BCUT2D eigenvalue weighted by molar-refractivity contribution is 5.90. The third kappa shape index (κ3) is 3.51. The molecular formula is C16H25N3O. The highest BCUT2D eigenvalue weighted by Crippen LogP contribution is 2.16. The van der Waals surface area contributed by atoms with Crippen molar-refractivity contribution in [1.82, 2.24) is 9.80 Å². The Morgan fingerprint density at radius 2 is 1.85 bits per heavy atom. The fourth-order valence-corrected chi connectivity index (χ4v) is 2.59. The Bertz CT molecular complexity index is 451. The summed E-state index contributed by atoms with van der Waals surface area (Å²) in [6.45, 7) is 10.0. The molecule has 20 heavy (non-hydrogen) atoms. The number of para-hydroxylation sites is 1. The van der Waals surface area contributed by atoms with Crippen LogP contribution in [0.4, 0.5) is 10.5 Å². The monoisotopic (exact) mass is 275 g/mol. The number of hydrogen-bond donors (Lipinski definition) is 1. The van der Waals surface area contributed by atoms with E-state index in [1.54, 1.807) is 0 Å². The number of hydrogen-bond acceptors (Lipinski definition) is 2. The van der Waals surface area contributed by atoms with Crippen molar-refractivity contribution in [3.8, 4) is 0 Å². The van der Waals surface area contributed by atoms with E-state index in [-0.39, 0.29) is 6.03 Å². The second-order valence-electron chi connectivity index (χ2n) is 5.56. The molecule has 1 fully saturated rings. The Morgan fingerprint density at radius 3 is 2.45 bits per heavy atom. The van der Waals surface area contributed by atoms with Gasteiger partial charge in [-0.05, 0) is 31.9 Å². The number of urea groups is 1. The number of rotatable bonds is 3. The lowest BCUT2D eigenvalue weighted by Gasteiger charge is -2.36. The quantitative estimate of drug-likeness (QED) is 0.920. The van der Waals surface area contributed by atoms with Gasteiger partial charge in [0.1, 0.15) is 0 Å². The maximum Gasteiger partial charge on any atom is 0.321 e. The second kappa shape index (κ2) is 6.75. The number of amides is 2. The number of nitrogens with one attached hydrogen (secondary N) is 1. The number of carbonyl (C=O) groups excluding carboxylic acids is 1. The Labute approximate surface area is 121 Å². The molecule has 2 amide bonds. The molecule has 4 nitrogen and oxygen atoms in total. The largest absolute Gasteiger partial charge is 0.322 e. The van der Waals surface area contributed by atoms with Gasteiger partial charge in [-0.2, -0.15) is 0 Å². The highest BCUT2D eigenvalue weighted by Gasteiger charge is 2.22. The molecule has 1 aromatic carbocycles. The first-order chi connectivity index (χ1) is 9.61. The maximum absolute atomic E-state index is 12.3. The van der Waals surface area contributed by atoms with Gasteiger partial charge in [0.15, 0.2) is 0 Å². The predicted molar refractivity (Wildman–Crippen MR) is 83.1 cm³/mol. The lowest BCUT2D eigenvalue weighted by atomic mass is 10.1. The molecule has 0 spiro atoms. The minimum atomic E-state index is 0.0225. The Balaban J connectivity index is 1.93. The number of nitrogens with zero attached hydrogens (tertiary/aromatic N) is 2. The standard InChI is InChI=1S/C16H25N3O/c1-4-14-7-5-6-8-15(14)17-16(20)19-11-9-18(10-12-19)13(2)3/h5-8,13H,4,9-12H2,1-3H3,(H,17,20). The van der Waals surface area contributed by atoms with Crippen LogP contribution in [-0.2, 0) is 6.42 Å². The van der Waals surface area contributed by atoms with E-state index >= 15 is 0 Å². The average Bonchev–Trinajstić information content (AvgIpc) is 2.48. The van der Waals surface area contributed by atoms with Crippen molar-refractivity contribution in [3.05, 3.63) is 29.8 Å². The minimum Gasteiger partial charge on any atom is -0.322 e. The van der Waals surface area contributed by atoms with Crippen molar-refractivity contribution in [1.29, 1.82) is 0 Å². The molecule has 0 unspecified atom stereocenters. The van der Waals surface area contributed by atoms with Gasteiger partial charge in [-0.25, -0.2) is 4.79 Å². The van der Waals surface area contributed by atoms with Crippen LogP contribution in [0, 0.1) is 0 Å². The molecule has 0 aliphatic carbocycles. The molecule has 1 aromatic rings. The van der Waals surface area contributed by atoms with Crippen molar-refractivity contribution in [3.63, 3.8) is 0 Å². The summed E-state index contributed by atoms with van der Waals surface area (Å²) in [5, 5.41) is 3.04. The van der Waals surface area contributed by atoms with E-state index in [1.165, 1.54) is 5.56 Å². The third-order valence-electron chi connectivity index (χ3n) is 3.97. The van der Waals surface area contributed by atoms with Crippen LogP contribution in [0.2, 0.25) is 0 Å². The van der Waals surface area contributed by atoms with Gasteiger partial charge in [-0.1, -0.05) is 25.1 Å². The fraction of sp³-hybridized carbons (Fsp3) is 0.562. The van der Waals surface area contributed by atoms with Crippen LogP contribution >= 0.6 is 0 Å². The lowest BCUT2D eigenvalue weighted by Crippen LogP contribution is -2.51. The Hall–Kier alpha value is -1.55. The molecule has 1 aliphatic rings. The van der Waals surface area contributed by atoms with Gasteiger partial charge in [0.25, 0.3) is 0 Å². The molecule has 2 rings (SSSR count). The minimum absolute atomic E-state index is 0.0225. The molecule has 1 N–H and O–H groups in total. The van der Waals surface area contributed by atoms with Gasteiger partial charge in [-0.15, -0.1) is 0 Å². The molecule has 0 bridgehead atoms. The van der Waals surface area contributed by atoms with E-state index in [0.29, 0.717) is 6.04 Å². The summed E-state index contributed by atoms with van der Waals surface area (Å²) in [5.41, 5.74) is 2.12. The molecule has 110 valence electrons. The van der Waals surface area contributed by atoms with E-state index in [1.807, 2.05) is 23.1 Å². The first-order valence-electron chi connectivity index (χ1n) is 7.49. The summed E-state index contributed by atoms with van der Waals surface area (Å²) in [5.74, 6) is 0. The van der Waals surface area contributed by atoms with Crippen LogP contribution in [0.3, 0.4) is 0 Å². The van der Waals surface area contributed by atoms with E-state index in [9.17, 15) is 4.79 Å².